The molecule has 1 unspecified atom stereocenters. The Labute approximate surface area is 139 Å². The highest BCUT2D eigenvalue weighted by atomic mass is 16.3. The Balaban J connectivity index is 2.58. The van der Waals surface area contributed by atoms with Gasteiger partial charge in [-0.05, 0) is 30.6 Å². The molecule has 0 bridgehead atoms. The van der Waals surface area contributed by atoms with Crippen LogP contribution in [-0.4, -0.2) is 33.6 Å². The molecule has 0 radical (unpaired) electrons. The molecule has 23 heavy (non-hydrogen) atoms. The molecule has 0 aliphatic carbocycles. The molecule has 2 amide bonds. The Morgan fingerprint density at radius 1 is 1.35 bits per heavy atom. The SMILES string of the molecule is CC(O)CC(C)(C)CNC(=O)Nc1cc(CC(C)(C)C)nn1C. The van der Waals surface area contributed by atoms with Crippen LogP contribution < -0.4 is 10.6 Å². The third kappa shape index (κ3) is 7.50. The van der Waals surface area contributed by atoms with Gasteiger partial charge in [-0.3, -0.25) is 10.00 Å². The van der Waals surface area contributed by atoms with E-state index in [1.807, 2.05) is 27.0 Å². The van der Waals surface area contributed by atoms with Crippen LogP contribution in [0, 0.1) is 10.8 Å². The smallest absolute Gasteiger partial charge is 0.320 e. The first-order chi connectivity index (χ1) is 10.4. The molecule has 6 heteroatoms. The number of urea groups is 1. The van der Waals surface area contributed by atoms with Crippen molar-refractivity contribution in [1.82, 2.24) is 15.1 Å². The molecule has 3 N–H and O–H groups in total. The summed E-state index contributed by atoms with van der Waals surface area (Å²) in [7, 11) is 1.82. The second-order valence-electron chi connectivity index (χ2n) is 8.41. The van der Waals surface area contributed by atoms with Gasteiger partial charge in [0.25, 0.3) is 0 Å². The molecule has 6 nitrogen and oxygen atoms in total. The molecule has 0 saturated heterocycles. The standard InChI is InChI=1S/C17H32N4O2/c1-12(22)9-17(5,6)11-18-15(23)19-14-8-13(20-21(14)7)10-16(2,3)4/h8,12,22H,9-11H2,1-7H3,(H2,18,19,23). The Kier molecular flexibility index (Phi) is 6.22. The summed E-state index contributed by atoms with van der Waals surface area (Å²) >= 11 is 0. The normalized spacial score (nSPS) is 13.7. The van der Waals surface area contributed by atoms with Gasteiger partial charge >= 0.3 is 6.03 Å². The Hall–Kier alpha value is -1.56. The molecule has 132 valence electrons. The first kappa shape index (κ1) is 19.5. The minimum absolute atomic E-state index is 0.152. The van der Waals surface area contributed by atoms with Crippen molar-refractivity contribution in [2.24, 2.45) is 17.9 Å². The van der Waals surface area contributed by atoms with Crippen LogP contribution >= 0.6 is 0 Å². The predicted molar refractivity (Wildman–Crippen MR) is 93.5 cm³/mol. The number of aryl methyl sites for hydroxylation is 1. The summed E-state index contributed by atoms with van der Waals surface area (Å²) < 4.78 is 1.68. The predicted octanol–water partition coefficient (Wildman–Crippen LogP) is 2.93. The Morgan fingerprint density at radius 2 is 1.96 bits per heavy atom. The molecular formula is C17H32N4O2. The quantitative estimate of drug-likeness (QED) is 0.753. The van der Waals surface area contributed by atoms with Gasteiger partial charge in [-0.25, -0.2) is 4.79 Å². The molecule has 1 aromatic heterocycles. The number of rotatable bonds is 6. The zero-order valence-corrected chi connectivity index (χ0v) is 15.5. The van der Waals surface area contributed by atoms with Crippen molar-refractivity contribution in [3.8, 4) is 0 Å². The number of hydrogen-bond acceptors (Lipinski definition) is 3. The first-order valence-electron chi connectivity index (χ1n) is 8.14. The van der Waals surface area contributed by atoms with Gasteiger partial charge in [0.1, 0.15) is 5.82 Å². The van der Waals surface area contributed by atoms with Crippen LogP contribution in [0.25, 0.3) is 0 Å². The van der Waals surface area contributed by atoms with Crippen molar-refractivity contribution in [2.45, 2.75) is 60.5 Å². The maximum atomic E-state index is 12.1. The number of anilines is 1. The number of carbonyl (C=O) groups excluding carboxylic acids is 1. The summed E-state index contributed by atoms with van der Waals surface area (Å²) in [6.45, 7) is 12.8. The molecule has 0 spiro atoms. The lowest BCUT2D eigenvalue weighted by Crippen LogP contribution is -2.38. The van der Waals surface area contributed by atoms with Crippen LogP contribution in [0.1, 0.15) is 53.7 Å². The van der Waals surface area contributed by atoms with Crippen LogP contribution in [0.5, 0.6) is 0 Å². The lowest BCUT2D eigenvalue weighted by Gasteiger charge is -2.26. The van der Waals surface area contributed by atoms with E-state index in [0.29, 0.717) is 18.8 Å². The van der Waals surface area contributed by atoms with Gasteiger partial charge in [0.05, 0.1) is 11.8 Å². The average molecular weight is 324 g/mol. The van der Waals surface area contributed by atoms with E-state index < -0.39 is 0 Å². The van der Waals surface area contributed by atoms with E-state index in [1.165, 1.54) is 0 Å². The minimum Gasteiger partial charge on any atom is -0.393 e. The number of aliphatic hydroxyl groups excluding tert-OH is 1. The van der Waals surface area contributed by atoms with Gasteiger partial charge in [-0.15, -0.1) is 0 Å². The van der Waals surface area contributed by atoms with E-state index in [-0.39, 0.29) is 23.0 Å². The second-order valence-corrected chi connectivity index (χ2v) is 8.41. The molecule has 0 aliphatic rings. The minimum atomic E-state index is -0.383. The maximum absolute atomic E-state index is 12.1. The molecule has 0 aliphatic heterocycles. The average Bonchev–Trinajstić information content (AvgIpc) is 2.63. The van der Waals surface area contributed by atoms with Crippen molar-refractivity contribution in [2.75, 3.05) is 11.9 Å². The van der Waals surface area contributed by atoms with E-state index in [4.69, 9.17) is 0 Å². The van der Waals surface area contributed by atoms with Gasteiger partial charge in [0.2, 0.25) is 0 Å². The van der Waals surface area contributed by atoms with E-state index >= 15 is 0 Å². The van der Waals surface area contributed by atoms with Gasteiger partial charge in [-0.2, -0.15) is 5.10 Å². The van der Waals surface area contributed by atoms with Crippen LogP contribution in [0.4, 0.5) is 10.6 Å². The highest BCUT2D eigenvalue weighted by molar-refractivity contribution is 5.88. The molecule has 1 aromatic rings. The molecule has 0 fully saturated rings. The van der Waals surface area contributed by atoms with Crippen molar-refractivity contribution >= 4 is 11.8 Å². The van der Waals surface area contributed by atoms with Crippen LogP contribution in [0.3, 0.4) is 0 Å². The third-order valence-electron chi connectivity index (χ3n) is 3.46. The summed E-state index contributed by atoms with van der Waals surface area (Å²) in [5.74, 6) is 0.676. The van der Waals surface area contributed by atoms with Gasteiger partial charge in [0, 0.05) is 19.7 Å². The lowest BCUT2D eigenvalue weighted by molar-refractivity contribution is 0.129. The first-order valence-corrected chi connectivity index (χ1v) is 8.14. The Bertz CT molecular complexity index is 527. The van der Waals surface area contributed by atoms with Crippen molar-refractivity contribution in [3.05, 3.63) is 11.8 Å². The molecular weight excluding hydrogens is 292 g/mol. The number of hydrogen-bond donors (Lipinski definition) is 3. The highest BCUT2D eigenvalue weighted by Gasteiger charge is 2.21. The number of aliphatic hydroxyl groups is 1. The topological polar surface area (TPSA) is 79.2 Å². The van der Waals surface area contributed by atoms with E-state index in [1.54, 1.807) is 11.6 Å². The second kappa shape index (κ2) is 7.34. The summed E-state index contributed by atoms with van der Waals surface area (Å²) in [6, 6.07) is 1.65. The van der Waals surface area contributed by atoms with Crippen LogP contribution in [0.2, 0.25) is 0 Å². The summed E-state index contributed by atoms with van der Waals surface area (Å²) in [6.07, 6.45) is 1.10. The summed E-state index contributed by atoms with van der Waals surface area (Å²) in [5.41, 5.74) is 0.957. The van der Waals surface area contributed by atoms with Gasteiger partial charge in [0.15, 0.2) is 0 Å². The monoisotopic (exact) mass is 324 g/mol. The number of amides is 2. The van der Waals surface area contributed by atoms with Crippen molar-refractivity contribution in [3.63, 3.8) is 0 Å². The van der Waals surface area contributed by atoms with Crippen LogP contribution in [0.15, 0.2) is 6.07 Å². The van der Waals surface area contributed by atoms with E-state index in [9.17, 15) is 9.90 Å². The van der Waals surface area contributed by atoms with Crippen molar-refractivity contribution < 1.29 is 9.90 Å². The summed E-state index contributed by atoms with van der Waals surface area (Å²) in [5, 5.41) is 19.6. The number of carbonyl (C=O) groups is 1. The fraction of sp³-hybridized carbons (Fsp3) is 0.765. The molecule has 1 rings (SSSR count). The molecule has 0 saturated carbocycles. The lowest BCUT2D eigenvalue weighted by atomic mass is 9.87. The highest BCUT2D eigenvalue weighted by Crippen LogP contribution is 2.22. The number of nitrogens with zero attached hydrogens (tertiary/aromatic N) is 2. The molecule has 1 atom stereocenters. The number of aromatic nitrogens is 2. The zero-order chi connectivity index (χ0) is 17.8. The largest absolute Gasteiger partial charge is 0.393 e. The van der Waals surface area contributed by atoms with Gasteiger partial charge in [-0.1, -0.05) is 34.6 Å². The fourth-order valence-corrected chi connectivity index (χ4v) is 2.63. The van der Waals surface area contributed by atoms with E-state index in [2.05, 4.69) is 36.5 Å². The summed E-state index contributed by atoms with van der Waals surface area (Å²) in [4.78, 5) is 12.1. The van der Waals surface area contributed by atoms with E-state index in [0.717, 1.165) is 12.1 Å². The van der Waals surface area contributed by atoms with Gasteiger partial charge < -0.3 is 10.4 Å². The molecule has 0 aromatic carbocycles. The number of nitrogens with one attached hydrogen (secondary N) is 2. The van der Waals surface area contributed by atoms with Crippen LogP contribution in [-0.2, 0) is 13.5 Å². The fourth-order valence-electron chi connectivity index (χ4n) is 2.63. The zero-order valence-electron chi connectivity index (χ0n) is 15.5. The molecule has 1 heterocycles. The van der Waals surface area contributed by atoms with Crippen molar-refractivity contribution in [1.29, 1.82) is 0 Å². The maximum Gasteiger partial charge on any atom is 0.320 e. The Morgan fingerprint density at radius 3 is 2.48 bits per heavy atom. The third-order valence-corrected chi connectivity index (χ3v) is 3.46.